The zero-order valence-electron chi connectivity index (χ0n) is 4.37. The van der Waals surface area contributed by atoms with Crippen molar-refractivity contribution in [3.63, 3.8) is 0 Å². The number of aliphatic imine (C=N–C) groups is 2. The van der Waals surface area contributed by atoms with Gasteiger partial charge >= 0.3 is 0 Å². The second-order valence-electron chi connectivity index (χ2n) is 0.866. The highest BCUT2D eigenvalue weighted by Crippen LogP contribution is 1.67. The maximum Gasteiger partial charge on any atom is 0.240 e. The van der Waals surface area contributed by atoms with E-state index in [1.165, 1.54) is 12.2 Å². The molecule has 0 saturated heterocycles. The molecule has 0 radical (unpaired) electrons. The van der Waals surface area contributed by atoms with Gasteiger partial charge in [0.25, 0.3) is 0 Å². The van der Waals surface area contributed by atoms with Gasteiger partial charge in [0, 0.05) is 0 Å². The first-order chi connectivity index (χ1) is 4.41. The van der Waals surface area contributed by atoms with Crippen molar-refractivity contribution in [1.82, 2.24) is 0 Å². The average Bonchev–Trinajstić information content (AvgIpc) is 1.89. The zero-order valence-corrected chi connectivity index (χ0v) is 4.37. The van der Waals surface area contributed by atoms with Crippen LogP contribution in [0.2, 0.25) is 0 Å². The van der Waals surface area contributed by atoms with Gasteiger partial charge < -0.3 is 0 Å². The second kappa shape index (κ2) is 6.28. The van der Waals surface area contributed by atoms with E-state index in [9.17, 15) is 9.59 Å². The van der Waals surface area contributed by atoms with E-state index in [2.05, 4.69) is 15.7 Å². The van der Waals surface area contributed by atoms with E-state index in [1.807, 2.05) is 0 Å². The second-order valence-corrected chi connectivity index (χ2v) is 0.866. The van der Waals surface area contributed by atoms with E-state index in [0.717, 1.165) is 12.4 Å². The Hall–Kier alpha value is -1.72. The van der Waals surface area contributed by atoms with Crippen LogP contribution in [0, 0.1) is 0 Å². The summed E-state index contributed by atoms with van der Waals surface area (Å²) in [5.41, 5.74) is 2.28. The monoisotopic (exact) mass is 122 g/mol. The minimum absolute atomic E-state index is 1.04. The molecular weight excluding hydrogens is 120 g/mol. The molecule has 0 aromatic heterocycles. The fourth-order valence-electron chi connectivity index (χ4n) is 0.161. The molecule has 44 valence electrons. The number of isocyanates is 2. The number of hydrogen-bond acceptors (Lipinski definition) is 4. The molecule has 9 heavy (non-hydrogen) atoms. The predicted octanol–water partition coefficient (Wildman–Crippen LogP) is 0.284. The van der Waals surface area contributed by atoms with Crippen LogP contribution >= 0.6 is 0 Å². The third kappa shape index (κ3) is 6.28. The molecule has 0 atom stereocenters. The molecule has 0 spiro atoms. The van der Waals surface area contributed by atoms with Crippen molar-refractivity contribution in [2.75, 3.05) is 0 Å². The summed E-state index contributed by atoms with van der Waals surface area (Å²) in [6.07, 6.45) is 4.55. The van der Waals surface area contributed by atoms with Crippen LogP contribution in [0.1, 0.15) is 0 Å². The molecular formula is C5H2N2O2. The summed E-state index contributed by atoms with van der Waals surface area (Å²) in [5, 5.41) is 0. The van der Waals surface area contributed by atoms with Crippen molar-refractivity contribution in [3.05, 3.63) is 18.1 Å². The first kappa shape index (κ1) is 7.28. The number of nitrogens with zero attached hydrogens (tertiary/aromatic N) is 2. The first-order valence-electron chi connectivity index (χ1n) is 1.95. The molecule has 0 saturated carbocycles. The molecule has 0 heterocycles. The summed E-state index contributed by atoms with van der Waals surface area (Å²) in [6.45, 7) is 0. The van der Waals surface area contributed by atoms with E-state index in [-0.39, 0.29) is 0 Å². The predicted molar refractivity (Wildman–Crippen MR) is 28.9 cm³/mol. The van der Waals surface area contributed by atoms with E-state index < -0.39 is 0 Å². The maximum atomic E-state index is 9.35. The molecule has 0 N–H and O–H groups in total. The Balaban J connectivity index is 3.96. The first-order valence-corrected chi connectivity index (χ1v) is 1.95. The Labute approximate surface area is 50.9 Å². The minimum atomic E-state index is 1.04. The zero-order chi connectivity index (χ0) is 6.95. The molecule has 0 aliphatic heterocycles. The van der Waals surface area contributed by atoms with Crippen LogP contribution in [0.4, 0.5) is 0 Å². The summed E-state index contributed by atoms with van der Waals surface area (Å²) < 4.78 is 0. The van der Waals surface area contributed by atoms with Gasteiger partial charge in [0.15, 0.2) is 0 Å². The Morgan fingerprint density at radius 3 is 1.78 bits per heavy atom. The normalized spacial score (nSPS) is 5.33. The third-order valence-electron chi connectivity index (χ3n) is 0.384. The Morgan fingerprint density at radius 2 is 1.44 bits per heavy atom. The summed E-state index contributed by atoms with van der Waals surface area (Å²) in [7, 11) is 0. The summed E-state index contributed by atoms with van der Waals surface area (Å²) in [4.78, 5) is 24.7. The standard InChI is InChI=1S/C5H2N2O2/c8-4-6-2-1-3-7-5-9/h2-3H. The lowest BCUT2D eigenvalue weighted by atomic mass is 10.8. The van der Waals surface area contributed by atoms with Crippen molar-refractivity contribution in [2.24, 2.45) is 9.98 Å². The summed E-state index contributed by atoms with van der Waals surface area (Å²) >= 11 is 0. The largest absolute Gasteiger partial charge is 0.240 e. The number of rotatable bonds is 2. The number of hydrogen-bond donors (Lipinski definition) is 0. The van der Waals surface area contributed by atoms with Gasteiger partial charge in [-0.3, -0.25) is 0 Å². The summed E-state index contributed by atoms with van der Waals surface area (Å²) in [6, 6.07) is 0. The third-order valence-corrected chi connectivity index (χ3v) is 0.384. The van der Waals surface area contributed by atoms with Gasteiger partial charge in [-0.15, -0.1) is 0 Å². The fourth-order valence-corrected chi connectivity index (χ4v) is 0.161. The molecule has 0 rings (SSSR count). The molecule has 0 aromatic carbocycles. The Bertz CT molecular complexity index is 203. The summed E-state index contributed by atoms with van der Waals surface area (Å²) in [5.74, 6) is 0. The molecule has 0 unspecified atom stereocenters. The molecule has 0 amide bonds. The highest BCUT2D eigenvalue weighted by molar-refractivity contribution is 5.35. The van der Waals surface area contributed by atoms with E-state index in [1.54, 1.807) is 0 Å². The topological polar surface area (TPSA) is 58.9 Å². The van der Waals surface area contributed by atoms with Crippen LogP contribution in [-0.4, -0.2) is 12.2 Å². The molecule has 0 bridgehead atoms. The van der Waals surface area contributed by atoms with Crippen LogP contribution in [0.15, 0.2) is 28.1 Å². The SMILES string of the molecule is O=C=NC=C=CN=C=O. The van der Waals surface area contributed by atoms with Gasteiger partial charge in [0.05, 0.1) is 12.4 Å². The van der Waals surface area contributed by atoms with E-state index in [0.29, 0.717) is 0 Å². The highest BCUT2D eigenvalue weighted by atomic mass is 16.1. The van der Waals surface area contributed by atoms with Gasteiger partial charge in [-0.05, 0) is 0 Å². The highest BCUT2D eigenvalue weighted by Gasteiger charge is 1.54. The lowest BCUT2D eigenvalue weighted by molar-refractivity contribution is 0.564. The van der Waals surface area contributed by atoms with Crippen molar-refractivity contribution >= 4 is 12.2 Å². The molecule has 0 aliphatic rings. The van der Waals surface area contributed by atoms with Crippen molar-refractivity contribution in [3.8, 4) is 0 Å². The van der Waals surface area contributed by atoms with Gasteiger partial charge in [0.2, 0.25) is 12.2 Å². The van der Waals surface area contributed by atoms with Crippen molar-refractivity contribution in [1.29, 1.82) is 0 Å². The van der Waals surface area contributed by atoms with Crippen molar-refractivity contribution in [2.45, 2.75) is 0 Å². The van der Waals surface area contributed by atoms with Gasteiger partial charge in [-0.2, -0.15) is 9.98 Å². The lowest BCUT2D eigenvalue weighted by Gasteiger charge is -1.56. The minimum Gasteiger partial charge on any atom is -0.211 e. The molecule has 4 nitrogen and oxygen atoms in total. The lowest BCUT2D eigenvalue weighted by Crippen LogP contribution is -1.45. The maximum absolute atomic E-state index is 9.35. The number of carbonyl (C=O) groups excluding carboxylic acids is 2. The van der Waals surface area contributed by atoms with E-state index in [4.69, 9.17) is 0 Å². The molecule has 0 aromatic rings. The molecule has 0 aliphatic carbocycles. The fraction of sp³-hybridized carbons (Fsp3) is 0. The van der Waals surface area contributed by atoms with Gasteiger partial charge in [-0.25, -0.2) is 9.59 Å². The van der Waals surface area contributed by atoms with Crippen LogP contribution in [0.25, 0.3) is 0 Å². The Kier molecular flexibility index (Phi) is 5.08. The quantitative estimate of drug-likeness (QED) is 0.300. The smallest absolute Gasteiger partial charge is 0.211 e. The van der Waals surface area contributed by atoms with Crippen molar-refractivity contribution < 1.29 is 9.59 Å². The van der Waals surface area contributed by atoms with Crippen LogP contribution in [0.5, 0.6) is 0 Å². The Morgan fingerprint density at radius 1 is 1.00 bits per heavy atom. The average molecular weight is 122 g/mol. The molecule has 0 fully saturated rings. The van der Waals surface area contributed by atoms with Crippen LogP contribution < -0.4 is 0 Å². The van der Waals surface area contributed by atoms with E-state index >= 15 is 0 Å². The van der Waals surface area contributed by atoms with Crippen LogP contribution in [-0.2, 0) is 9.59 Å². The van der Waals surface area contributed by atoms with Crippen LogP contribution in [0.3, 0.4) is 0 Å². The van der Waals surface area contributed by atoms with Gasteiger partial charge in [-0.1, -0.05) is 5.73 Å². The molecule has 4 heteroatoms. The van der Waals surface area contributed by atoms with Gasteiger partial charge in [0.1, 0.15) is 0 Å².